The number of nitrogens with one attached hydrogen (secondary N) is 1. The van der Waals surface area contributed by atoms with Crippen LogP contribution in [0.15, 0.2) is 18.2 Å². The van der Waals surface area contributed by atoms with Crippen molar-refractivity contribution in [2.75, 3.05) is 25.3 Å². The second-order valence-electron chi connectivity index (χ2n) is 4.25. The molecule has 1 rings (SSSR count). The molecule has 0 spiro atoms. The number of benzene rings is 1. The third kappa shape index (κ3) is 6.02. The van der Waals surface area contributed by atoms with Gasteiger partial charge in [-0.3, -0.25) is 4.79 Å². The Hall–Kier alpha value is -1.61. The van der Waals surface area contributed by atoms with E-state index in [0.717, 1.165) is 0 Å². The van der Waals surface area contributed by atoms with Gasteiger partial charge in [0.1, 0.15) is 0 Å². The smallest absolute Gasteiger partial charge is 0.441 e. The molecule has 0 aliphatic carbocycles. The van der Waals surface area contributed by atoms with E-state index in [-0.39, 0.29) is 23.9 Å². The minimum atomic E-state index is -4.32. The summed E-state index contributed by atoms with van der Waals surface area (Å²) in [7, 11) is 2.92. The van der Waals surface area contributed by atoms with E-state index in [4.69, 9.17) is 15.2 Å². The molecule has 0 aliphatic rings. The summed E-state index contributed by atoms with van der Waals surface area (Å²) in [6.07, 6.45) is -0.0801. The average molecular weight is 338 g/mol. The van der Waals surface area contributed by atoms with Crippen LogP contribution in [0.5, 0.6) is 11.5 Å². The quantitative estimate of drug-likeness (QED) is 0.799. The molecule has 0 radical (unpaired) electrons. The van der Waals surface area contributed by atoms with Gasteiger partial charge >= 0.3 is 5.51 Å². The summed E-state index contributed by atoms with van der Waals surface area (Å²) in [4.78, 5) is 11.8. The van der Waals surface area contributed by atoms with Crippen LogP contribution in [0.3, 0.4) is 0 Å². The lowest BCUT2D eigenvalue weighted by molar-refractivity contribution is -0.117. The molecular formula is C13H17F3N2O3S. The number of nitrogens with two attached hydrogens (primary N) is 1. The molecule has 0 saturated heterocycles. The molecule has 0 aromatic heterocycles. The molecule has 22 heavy (non-hydrogen) atoms. The Morgan fingerprint density at radius 1 is 1.32 bits per heavy atom. The molecule has 1 atom stereocenters. The van der Waals surface area contributed by atoms with Crippen LogP contribution in [0.4, 0.5) is 18.9 Å². The first-order valence-electron chi connectivity index (χ1n) is 6.26. The number of carbonyl (C=O) groups excluding carboxylic acids is 1. The number of ether oxygens (including phenoxy) is 2. The van der Waals surface area contributed by atoms with Crippen molar-refractivity contribution in [3.05, 3.63) is 18.2 Å². The number of thioether (sulfide) groups is 1. The van der Waals surface area contributed by atoms with Crippen molar-refractivity contribution in [3.8, 4) is 11.5 Å². The van der Waals surface area contributed by atoms with Gasteiger partial charge in [-0.15, -0.1) is 0 Å². The lowest BCUT2D eigenvalue weighted by atomic mass is 10.2. The van der Waals surface area contributed by atoms with Crippen molar-refractivity contribution in [2.45, 2.75) is 18.0 Å². The number of amides is 1. The Balaban J connectivity index is 2.57. The Bertz CT molecular complexity index is 512. The van der Waals surface area contributed by atoms with E-state index in [9.17, 15) is 18.0 Å². The fourth-order valence-corrected chi connectivity index (χ4v) is 2.18. The van der Waals surface area contributed by atoms with Gasteiger partial charge in [0, 0.05) is 17.5 Å². The summed E-state index contributed by atoms with van der Waals surface area (Å²) >= 11 is -0.200. The molecule has 1 aromatic carbocycles. The number of rotatable bonds is 7. The number of anilines is 1. The Kier molecular flexibility index (Phi) is 6.82. The standard InChI is InChI=1S/C13H17F3N2O3S/c1-20-10-4-3-8(7-11(10)21-2)18-12(19)9(17)5-6-22-13(14,15)16/h3-4,7,9H,5-6,17H2,1-2H3,(H,18,19). The van der Waals surface area contributed by atoms with Crippen molar-refractivity contribution >= 4 is 23.4 Å². The number of hydrogen-bond donors (Lipinski definition) is 2. The summed E-state index contributed by atoms with van der Waals surface area (Å²) in [6.45, 7) is 0. The number of methoxy groups -OCH3 is 2. The first-order chi connectivity index (χ1) is 10.3. The number of alkyl halides is 3. The van der Waals surface area contributed by atoms with Crippen LogP contribution >= 0.6 is 11.8 Å². The van der Waals surface area contributed by atoms with Crippen LogP contribution in [-0.2, 0) is 4.79 Å². The zero-order chi connectivity index (χ0) is 16.8. The third-order valence-corrected chi connectivity index (χ3v) is 3.45. The maximum absolute atomic E-state index is 12.0. The van der Waals surface area contributed by atoms with Crippen molar-refractivity contribution in [1.82, 2.24) is 0 Å². The Morgan fingerprint density at radius 2 is 1.95 bits per heavy atom. The zero-order valence-electron chi connectivity index (χ0n) is 12.1. The van der Waals surface area contributed by atoms with Gasteiger partial charge in [-0.2, -0.15) is 13.2 Å². The molecule has 0 aliphatic heterocycles. The summed E-state index contributed by atoms with van der Waals surface area (Å²) in [5.41, 5.74) is 1.67. The van der Waals surface area contributed by atoms with E-state index < -0.39 is 17.5 Å². The minimum Gasteiger partial charge on any atom is -0.493 e. The fraction of sp³-hybridized carbons (Fsp3) is 0.462. The molecule has 0 heterocycles. The van der Waals surface area contributed by atoms with Gasteiger partial charge in [0.25, 0.3) is 0 Å². The van der Waals surface area contributed by atoms with E-state index in [1.54, 1.807) is 12.1 Å². The normalized spacial score (nSPS) is 12.6. The number of hydrogen-bond acceptors (Lipinski definition) is 5. The van der Waals surface area contributed by atoms with Gasteiger partial charge in [-0.1, -0.05) is 11.8 Å². The van der Waals surface area contributed by atoms with Crippen molar-refractivity contribution < 1.29 is 27.4 Å². The highest BCUT2D eigenvalue weighted by Crippen LogP contribution is 2.31. The van der Waals surface area contributed by atoms with Gasteiger partial charge in [0.15, 0.2) is 11.5 Å². The largest absolute Gasteiger partial charge is 0.493 e. The predicted molar refractivity (Wildman–Crippen MR) is 79.3 cm³/mol. The summed E-state index contributed by atoms with van der Waals surface area (Å²) < 4.78 is 46.2. The summed E-state index contributed by atoms with van der Waals surface area (Å²) in [6, 6.07) is 3.69. The maximum atomic E-state index is 12.0. The molecule has 5 nitrogen and oxygen atoms in total. The highest BCUT2D eigenvalue weighted by Gasteiger charge is 2.28. The molecule has 1 aromatic rings. The van der Waals surface area contributed by atoms with E-state index in [1.165, 1.54) is 20.3 Å². The zero-order valence-corrected chi connectivity index (χ0v) is 12.9. The van der Waals surface area contributed by atoms with Crippen LogP contribution in [-0.4, -0.2) is 37.4 Å². The molecule has 0 saturated carbocycles. The predicted octanol–water partition coefficient (Wildman–Crippen LogP) is 2.61. The van der Waals surface area contributed by atoms with E-state index in [2.05, 4.69) is 5.32 Å². The maximum Gasteiger partial charge on any atom is 0.441 e. The molecule has 124 valence electrons. The monoisotopic (exact) mass is 338 g/mol. The van der Waals surface area contributed by atoms with E-state index in [0.29, 0.717) is 17.2 Å². The lowest BCUT2D eigenvalue weighted by Gasteiger charge is -2.14. The van der Waals surface area contributed by atoms with Gasteiger partial charge in [0.05, 0.1) is 20.3 Å². The van der Waals surface area contributed by atoms with E-state index in [1.807, 2.05) is 0 Å². The summed E-state index contributed by atoms with van der Waals surface area (Å²) in [5.74, 6) is 0.0761. The van der Waals surface area contributed by atoms with Crippen LogP contribution in [0, 0.1) is 0 Å². The molecule has 3 N–H and O–H groups in total. The highest BCUT2D eigenvalue weighted by atomic mass is 32.2. The van der Waals surface area contributed by atoms with Crippen molar-refractivity contribution in [2.24, 2.45) is 5.73 Å². The van der Waals surface area contributed by atoms with Gasteiger partial charge in [-0.25, -0.2) is 0 Å². The SMILES string of the molecule is COc1ccc(NC(=O)C(N)CCSC(F)(F)F)cc1OC. The third-order valence-electron chi connectivity index (χ3n) is 2.68. The Labute approximate surface area is 130 Å². The van der Waals surface area contributed by atoms with Gasteiger partial charge in [-0.05, 0) is 18.6 Å². The minimum absolute atomic E-state index is 0.0801. The molecule has 0 bridgehead atoms. The van der Waals surface area contributed by atoms with Crippen molar-refractivity contribution in [3.63, 3.8) is 0 Å². The first kappa shape index (κ1) is 18.4. The molecule has 0 fully saturated rings. The van der Waals surface area contributed by atoms with Crippen LogP contribution < -0.4 is 20.5 Å². The lowest BCUT2D eigenvalue weighted by Crippen LogP contribution is -2.36. The highest BCUT2D eigenvalue weighted by molar-refractivity contribution is 8.00. The van der Waals surface area contributed by atoms with Crippen LogP contribution in [0.2, 0.25) is 0 Å². The molecule has 1 amide bonds. The second kappa shape index (κ2) is 8.14. The second-order valence-corrected chi connectivity index (χ2v) is 5.41. The Morgan fingerprint density at radius 3 is 2.50 bits per heavy atom. The topological polar surface area (TPSA) is 73.6 Å². The average Bonchev–Trinajstić information content (AvgIpc) is 2.45. The van der Waals surface area contributed by atoms with Crippen molar-refractivity contribution in [1.29, 1.82) is 0 Å². The number of carbonyl (C=O) groups is 1. The van der Waals surface area contributed by atoms with Gasteiger partial charge < -0.3 is 20.5 Å². The first-order valence-corrected chi connectivity index (χ1v) is 7.24. The van der Waals surface area contributed by atoms with Crippen LogP contribution in [0.1, 0.15) is 6.42 Å². The molecule has 9 heteroatoms. The fourth-order valence-electron chi connectivity index (χ4n) is 1.58. The van der Waals surface area contributed by atoms with Gasteiger partial charge in [0.2, 0.25) is 5.91 Å². The molecular weight excluding hydrogens is 321 g/mol. The number of halogens is 3. The van der Waals surface area contributed by atoms with Crippen LogP contribution in [0.25, 0.3) is 0 Å². The summed E-state index contributed by atoms with van der Waals surface area (Å²) in [5, 5.41) is 2.53. The molecule has 1 unspecified atom stereocenters. The van der Waals surface area contributed by atoms with E-state index >= 15 is 0 Å².